The third kappa shape index (κ3) is 4.90. The molecular formula is C18H30O5. The molecular weight excluding hydrogens is 296 g/mol. The van der Waals surface area contributed by atoms with Crippen LogP contribution in [0.25, 0.3) is 0 Å². The Morgan fingerprint density at radius 3 is 2.39 bits per heavy atom. The van der Waals surface area contributed by atoms with Crippen molar-refractivity contribution in [3.05, 3.63) is 25.8 Å². The first-order valence-corrected chi connectivity index (χ1v) is 8.22. The molecule has 0 amide bonds. The number of carbonyl (C=O) groups excluding carboxylic acids is 1. The summed E-state index contributed by atoms with van der Waals surface area (Å²) in [7, 11) is 1.54. The van der Waals surface area contributed by atoms with Crippen molar-refractivity contribution in [3.63, 3.8) is 0 Å². The third-order valence-corrected chi connectivity index (χ3v) is 5.16. The van der Waals surface area contributed by atoms with E-state index >= 15 is 0 Å². The zero-order valence-corrected chi connectivity index (χ0v) is 14.0. The van der Waals surface area contributed by atoms with E-state index in [0.29, 0.717) is 25.0 Å². The van der Waals surface area contributed by atoms with Crippen LogP contribution in [-0.2, 0) is 14.3 Å². The summed E-state index contributed by atoms with van der Waals surface area (Å²) in [5.74, 6) is 2.29. The monoisotopic (exact) mass is 326 g/mol. The molecule has 0 heterocycles. The second-order valence-corrected chi connectivity index (χ2v) is 6.23. The Bertz CT molecular complexity index is 382. The Morgan fingerprint density at radius 1 is 1.17 bits per heavy atom. The molecule has 0 aromatic heterocycles. The first kappa shape index (κ1) is 19.9. The first-order chi connectivity index (χ1) is 11.1. The quantitative estimate of drug-likeness (QED) is 0.357. The maximum Gasteiger partial charge on any atom is 0.330 e. The summed E-state index contributed by atoms with van der Waals surface area (Å²) >= 11 is 0. The van der Waals surface area contributed by atoms with Gasteiger partial charge in [-0.05, 0) is 49.4 Å². The van der Waals surface area contributed by atoms with Crippen LogP contribution in [0.1, 0.15) is 25.7 Å². The number of aliphatic hydroxyl groups excluding tert-OH is 2. The highest BCUT2D eigenvalue weighted by Gasteiger charge is 2.56. The normalized spacial score (nSPS) is 36.1. The van der Waals surface area contributed by atoms with Gasteiger partial charge in [0, 0.05) is 13.2 Å². The van der Waals surface area contributed by atoms with E-state index in [9.17, 15) is 15.0 Å². The molecule has 3 aliphatic carbocycles. The van der Waals surface area contributed by atoms with Gasteiger partial charge in [-0.1, -0.05) is 6.58 Å². The van der Waals surface area contributed by atoms with Gasteiger partial charge in [-0.25, -0.2) is 4.79 Å². The van der Waals surface area contributed by atoms with Crippen molar-refractivity contribution in [2.24, 2.45) is 23.7 Å². The van der Waals surface area contributed by atoms with Gasteiger partial charge in [0.2, 0.25) is 0 Å². The van der Waals surface area contributed by atoms with Gasteiger partial charge in [0.25, 0.3) is 0 Å². The fourth-order valence-electron chi connectivity index (χ4n) is 4.30. The Hall–Kier alpha value is -1.17. The minimum atomic E-state index is -0.414. The van der Waals surface area contributed by atoms with Crippen molar-refractivity contribution >= 4 is 5.97 Å². The number of ether oxygens (including phenoxy) is 2. The molecule has 3 aliphatic rings. The summed E-state index contributed by atoms with van der Waals surface area (Å²) < 4.78 is 9.17. The van der Waals surface area contributed by atoms with Crippen LogP contribution < -0.4 is 0 Å². The van der Waals surface area contributed by atoms with Crippen LogP contribution in [0.5, 0.6) is 0 Å². The van der Waals surface area contributed by atoms with Crippen LogP contribution in [0.15, 0.2) is 25.8 Å². The highest BCUT2D eigenvalue weighted by atomic mass is 16.6. The summed E-state index contributed by atoms with van der Waals surface area (Å²) in [4.78, 5) is 10.3. The molecule has 5 nitrogen and oxygen atoms in total. The van der Waals surface area contributed by atoms with Crippen LogP contribution >= 0.6 is 0 Å². The topological polar surface area (TPSA) is 76.0 Å². The van der Waals surface area contributed by atoms with Crippen LogP contribution in [-0.4, -0.2) is 48.7 Å². The summed E-state index contributed by atoms with van der Waals surface area (Å²) in [6, 6.07) is 0. The van der Waals surface area contributed by atoms with Gasteiger partial charge in [-0.15, -0.1) is 13.2 Å². The van der Waals surface area contributed by atoms with Gasteiger partial charge in [-0.3, -0.25) is 0 Å². The maximum absolute atomic E-state index is 10.3. The maximum atomic E-state index is 10.3. The molecule has 3 saturated carbocycles. The molecule has 5 heteroatoms. The van der Waals surface area contributed by atoms with Gasteiger partial charge in [-0.2, -0.15) is 0 Å². The van der Waals surface area contributed by atoms with E-state index in [2.05, 4.69) is 29.2 Å². The molecule has 0 radical (unpaired) electrons. The zero-order chi connectivity index (χ0) is 17.4. The van der Waals surface area contributed by atoms with Gasteiger partial charge in [0.05, 0.1) is 18.8 Å². The first-order valence-electron chi connectivity index (χ1n) is 8.22. The number of rotatable bonds is 4. The van der Waals surface area contributed by atoms with Crippen molar-refractivity contribution in [3.8, 4) is 0 Å². The second-order valence-electron chi connectivity index (χ2n) is 6.23. The Balaban J connectivity index is 0.000000218. The van der Waals surface area contributed by atoms with Gasteiger partial charge >= 0.3 is 5.97 Å². The fraction of sp³-hybridized carbons (Fsp3) is 0.722. The average molecular weight is 326 g/mol. The Kier molecular flexibility index (Phi) is 8.52. The molecule has 132 valence electrons. The molecule has 0 aromatic carbocycles. The molecule has 3 fully saturated rings. The summed E-state index contributed by atoms with van der Waals surface area (Å²) in [6.45, 7) is 9.95. The van der Waals surface area contributed by atoms with Crippen molar-refractivity contribution < 1.29 is 24.5 Å². The zero-order valence-electron chi connectivity index (χ0n) is 14.0. The number of hydrogen-bond acceptors (Lipinski definition) is 5. The van der Waals surface area contributed by atoms with E-state index in [1.165, 1.54) is 19.3 Å². The summed E-state index contributed by atoms with van der Waals surface area (Å²) in [6.07, 6.45) is 5.16. The SMILES string of the molecule is C=C.C=CC(=O)OCCOC.OC1CC2C3CCC(C3)C2C1O. The van der Waals surface area contributed by atoms with Crippen LogP contribution in [0, 0.1) is 23.7 Å². The molecule has 0 spiro atoms. The van der Waals surface area contributed by atoms with E-state index in [0.717, 1.165) is 24.3 Å². The van der Waals surface area contributed by atoms with E-state index < -0.39 is 18.2 Å². The lowest BCUT2D eigenvalue weighted by Gasteiger charge is -2.25. The standard InChI is InChI=1S/C10H16O2.C6H10O3.C2H4/c11-8-4-7-5-1-2-6(3-5)9(7)10(8)12;1-3-6(7)9-5-4-8-2;1-2/h5-12H,1-4H2;3H,1,4-5H2,2H3;1-2H2. The average Bonchev–Trinajstić information content (AvgIpc) is 3.25. The second kappa shape index (κ2) is 9.85. The highest BCUT2D eigenvalue weighted by Crippen LogP contribution is 2.58. The molecule has 6 atom stereocenters. The van der Waals surface area contributed by atoms with Gasteiger partial charge < -0.3 is 19.7 Å². The molecule has 2 bridgehead atoms. The number of aliphatic hydroxyl groups is 2. The number of esters is 1. The van der Waals surface area contributed by atoms with E-state index in [1.54, 1.807) is 7.11 Å². The Labute approximate surface area is 139 Å². The van der Waals surface area contributed by atoms with E-state index in [1.807, 2.05) is 0 Å². The Morgan fingerprint density at radius 2 is 1.83 bits per heavy atom. The number of methoxy groups -OCH3 is 1. The van der Waals surface area contributed by atoms with E-state index in [-0.39, 0.29) is 0 Å². The van der Waals surface area contributed by atoms with Crippen LogP contribution in [0.2, 0.25) is 0 Å². The number of carbonyl (C=O) groups is 1. The lowest BCUT2D eigenvalue weighted by Crippen LogP contribution is -2.29. The molecule has 23 heavy (non-hydrogen) atoms. The van der Waals surface area contributed by atoms with Crippen molar-refractivity contribution in [2.75, 3.05) is 20.3 Å². The fourth-order valence-corrected chi connectivity index (χ4v) is 4.30. The van der Waals surface area contributed by atoms with Crippen molar-refractivity contribution in [1.82, 2.24) is 0 Å². The van der Waals surface area contributed by atoms with E-state index in [4.69, 9.17) is 0 Å². The van der Waals surface area contributed by atoms with Crippen LogP contribution in [0.4, 0.5) is 0 Å². The summed E-state index contributed by atoms with van der Waals surface area (Å²) in [5, 5.41) is 19.3. The largest absolute Gasteiger partial charge is 0.460 e. The number of hydrogen-bond donors (Lipinski definition) is 2. The predicted octanol–water partition coefficient (Wildman–Crippen LogP) is 1.94. The molecule has 3 rings (SSSR count). The minimum Gasteiger partial charge on any atom is -0.460 e. The third-order valence-electron chi connectivity index (χ3n) is 5.16. The van der Waals surface area contributed by atoms with Gasteiger partial charge in [0.1, 0.15) is 6.61 Å². The van der Waals surface area contributed by atoms with Crippen LogP contribution in [0.3, 0.4) is 0 Å². The number of fused-ring (bicyclic) bond motifs is 5. The molecule has 2 N–H and O–H groups in total. The molecule has 0 aliphatic heterocycles. The van der Waals surface area contributed by atoms with Crippen molar-refractivity contribution in [1.29, 1.82) is 0 Å². The highest BCUT2D eigenvalue weighted by molar-refractivity contribution is 5.81. The lowest BCUT2D eigenvalue weighted by molar-refractivity contribution is -0.138. The van der Waals surface area contributed by atoms with Crippen molar-refractivity contribution in [2.45, 2.75) is 37.9 Å². The summed E-state index contributed by atoms with van der Waals surface area (Å²) in [5.41, 5.74) is 0. The predicted molar refractivity (Wildman–Crippen MR) is 88.7 cm³/mol. The minimum absolute atomic E-state index is 0.293. The molecule has 6 unspecified atom stereocenters. The molecule has 0 saturated heterocycles. The lowest BCUT2D eigenvalue weighted by atomic mass is 9.81. The van der Waals surface area contributed by atoms with Gasteiger partial charge in [0.15, 0.2) is 0 Å². The molecule has 0 aromatic rings. The smallest absolute Gasteiger partial charge is 0.330 e.